The Hall–Kier alpha value is -1.97. The number of carbonyl (C=O) groups is 1. The number of hydrogen-bond acceptors (Lipinski definition) is 2. The van der Waals surface area contributed by atoms with Crippen molar-refractivity contribution in [1.82, 2.24) is 9.78 Å². The van der Waals surface area contributed by atoms with Gasteiger partial charge in [0.25, 0.3) is 0 Å². The molecular weight excluding hydrogens is 243 g/mol. The zero-order valence-corrected chi connectivity index (χ0v) is 11.4. The number of rotatable bonds is 4. The first kappa shape index (κ1) is 13.5. The summed E-state index contributed by atoms with van der Waals surface area (Å²) in [6.07, 6.45) is 2.76. The van der Waals surface area contributed by atoms with E-state index in [1.165, 1.54) is 12.1 Å². The van der Waals surface area contributed by atoms with Gasteiger partial charge in [-0.25, -0.2) is 4.39 Å². The lowest BCUT2D eigenvalue weighted by molar-refractivity contribution is 0.0992. The van der Waals surface area contributed by atoms with E-state index in [9.17, 15) is 9.18 Å². The third-order valence-electron chi connectivity index (χ3n) is 3.20. The van der Waals surface area contributed by atoms with Crippen LogP contribution in [0.15, 0.2) is 24.4 Å². The molecule has 0 fully saturated rings. The Kier molecular flexibility index (Phi) is 3.79. The van der Waals surface area contributed by atoms with E-state index >= 15 is 0 Å². The van der Waals surface area contributed by atoms with Crippen LogP contribution < -0.4 is 0 Å². The number of ketones is 1. The molecule has 19 heavy (non-hydrogen) atoms. The van der Waals surface area contributed by atoms with E-state index in [1.54, 1.807) is 24.0 Å². The predicted molar refractivity (Wildman–Crippen MR) is 71.8 cm³/mol. The van der Waals surface area contributed by atoms with E-state index in [-0.39, 0.29) is 18.0 Å². The molecule has 1 aromatic heterocycles. The number of halogens is 1. The number of aromatic nitrogens is 2. The highest BCUT2D eigenvalue weighted by molar-refractivity contribution is 5.98. The molecule has 0 N–H and O–H groups in total. The summed E-state index contributed by atoms with van der Waals surface area (Å²) in [7, 11) is 1.80. The van der Waals surface area contributed by atoms with Gasteiger partial charge >= 0.3 is 0 Å². The summed E-state index contributed by atoms with van der Waals surface area (Å²) in [6.45, 7) is 3.79. The molecule has 0 amide bonds. The smallest absolute Gasteiger partial charge is 0.170 e. The second-order valence-electron chi connectivity index (χ2n) is 4.69. The first-order valence-corrected chi connectivity index (χ1v) is 6.32. The van der Waals surface area contributed by atoms with E-state index in [1.807, 2.05) is 13.8 Å². The lowest BCUT2D eigenvalue weighted by atomic mass is 9.99. The molecule has 100 valence electrons. The molecule has 0 spiro atoms. The molecule has 2 aromatic rings. The van der Waals surface area contributed by atoms with Crippen LogP contribution in [0.5, 0.6) is 0 Å². The van der Waals surface area contributed by atoms with Gasteiger partial charge in [0.15, 0.2) is 5.78 Å². The molecule has 0 aliphatic heterocycles. The van der Waals surface area contributed by atoms with Crippen LogP contribution in [0.4, 0.5) is 4.39 Å². The van der Waals surface area contributed by atoms with Crippen LogP contribution in [0.1, 0.15) is 34.1 Å². The molecule has 4 heteroatoms. The number of aryl methyl sites for hydroxylation is 3. The van der Waals surface area contributed by atoms with Crippen LogP contribution in [0.2, 0.25) is 0 Å². The minimum Gasteiger partial charge on any atom is -0.294 e. The Morgan fingerprint density at radius 3 is 2.79 bits per heavy atom. The molecule has 0 unspecified atom stereocenters. The Morgan fingerprint density at radius 2 is 2.16 bits per heavy atom. The van der Waals surface area contributed by atoms with E-state index < -0.39 is 0 Å². The average Bonchev–Trinajstić information content (AvgIpc) is 2.74. The standard InChI is InChI=1S/C15H17FN2O/c1-4-14-13(9-18(3)17-14)15(19)8-11-5-6-12(16)7-10(11)2/h5-7,9H,4,8H2,1-3H3. The molecule has 0 atom stereocenters. The zero-order valence-electron chi connectivity index (χ0n) is 11.4. The fourth-order valence-corrected chi connectivity index (χ4v) is 2.15. The number of Topliss-reactive ketones (excluding diaryl/α,β-unsaturated/α-hetero) is 1. The van der Waals surface area contributed by atoms with Crippen molar-refractivity contribution >= 4 is 5.78 Å². The van der Waals surface area contributed by atoms with Gasteiger partial charge in [0.05, 0.1) is 11.3 Å². The van der Waals surface area contributed by atoms with E-state index in [2.05, 4.69) is 5.10 Å². The Labute approximate surface area is 112 Å². The summed E-state index contributed by atoms with van der Waals surface area (Å²) >= 11 is 0. The van der Waals surface area contributed by atoms with Crippen molar-refractivity contribution in [3.8, 4) is 0 Å². The normalized spacial score (nSPS) is 10.7. The largest absolute Gasteiger partial charge is 0.294 e. The van der Waals surface area contributed by atoms with Crippen molar-refractivity contribution in [3.63, 3.8) is 0 Å². The molecule has 0 bridgehead atoms. The number of hydrogen-bond donors (Lipinski definition) is 0. The second-order valence-corrected chi connectivity index (χ2v) is 4.69. The minimum atomic E-state index is -0.274. The monoisotopic (exact) mass is 260 g/mol. The van der Waals surface area contributed by atoms with Gasteiger partial charge in [-0.15, -0.1) is 0 Å². The maximum atomic E-state index is 13.0. The van der Waals surface area contributed by atoms with Crippen LogP contribution in [0.3, 0.4) is 0 Å². The first-order valence-electron chi connectivity index (χ1n) is 6.32. The summed E-state index contributed by atoms with van der Waals surface area (Å²) in [6, 6.07) is 4.51. The van der Waals surface area contributed by atoms with Crippen LogP contribution in [-0.4, -0.2) is 15.6 Å². The molecule has 1 heterocycles. The van der Waals surface area contributed by atoms with Crippen LogP contribution in [-0.2, 0) is 19.9 Å². The van der Waals surface area contributed by atoms with Gasteiger partial charge in [-0.3, -0.25) is 9.48 Å². The lowest BCUT2D eigenvalue weighted by Crippen LogP contribution is -2.06. The highest BCUT2D eigenvalue weighted by Gasteiger charge is 2.15. The van der Waals surface area contributed by atoms with Crippen LogP contribution in [0.25, 0.3) is 0 Å². The zero-order chi connectivity index (χ0) is 14.0. The maximum Gasteiger partial charge on any atom is 0.170 e. The van der Waals surface area contributed by atoms with Gasteiger partial charge < -0.3 is 0 Å². The molecule has 0 radical (unpaired) electrons. The van der Waals surface area contributed by atoms with Gasteiger partial charge in [-0.2, -0.15) is 5.10 Å². The van der Waals surface area contributed by atoms with Crippen molar-refractivity contribution in [1.29, 1.82) is 0 Å². The lowest BCUT2D eigenvalue weighted by Gasteiger charge is -2.05. The molecule has 0 aliphatic rings. The number of benzene rings is 1. The molecule has 1 aromatic carbocycles. The molecule has 2 rings (SSSR count). The number of nitrogens with zero attached hydrogens (tertiary/aromatic N) is 2. The van der Waals surface area contributed by atoms with Crippen molar-refractivity contribution in [2.24, 2.45) is 7.05 Å². The van der Waals surface area contributed by atoms with Crippen molar-refractivity contribution in [2.45, 2.75) is 26.7 Å². The average molecular weight is 260 g/mol. The minimum absolute atomic E-state index is 0.0275. The first-order chi connectivity index (χ1) is 9.01. The Balaban J connectivity index is 2.25. The molecule has 0 aliphatic carbocycles. The van der Waals surface area contributed by atoms with Crippen molar-refractivity contribution in [2.75, 3.05) is 0 Å². The highest BCUT2D eigenvalue weighted by atomic mass is 19.1. The maximum absolute atomic E-state index is 13.0. The third kappa shape index (κ3) is 2.89. The van der Waals surface area contributed by atoms with E-state index in [4.69, 9.17) is 0 Å². The summed E-state index contributed by atoms with van der Waals surface area (Å²) < 4.78 is 14.7. The summed E-state index contributed by atoms with van der Waals surface area (Å²) in [4.78, 5) is 12.3. The molecule has 0 saturated heterocycles. The SMILES string of the molecule is CCc1nn(C)cc1C(=O)Cc1ccc(F)cc1C. The topological polar surface area (TPSA) is 34.9 Å². The van der Waals surface area contributed by atoms with E-state index in [0.717, 1.165) is 23.2 Å². The van der Waals surface area contributed by atoms with Gasteiger partial charge in [-0.05, 0) is 36.6 Å². The highest BCUT2D eigenvalue weighted by Crippen LogP contribution is 2.15. The predicted octanol–water partition coefficient (Wildman–Crippen LogP) is 2.86. The third-order valence-corrected chi connectivity index (χ3v) is 3.20. The Bertz CT molecular complexity index is 617. The molecular formula is C15H17FN2O. The van der Waals surface area contributed by atoms with Crippen molar-refractivity contribution < 1.29 is 9.18 Å². The van der Waals surface area contributed by atoms with Gasteiger partial charge in [0.2, 0.25) is 0 Å². The fourth-order valence-electron chi connectivity index (χ4n) is 2.15. The van der Waals surface area contributed by atoms with Gasteiger partial charge in [0, 0.05) is 19.7 Å². The van der Waals surface area contributed by atoms with Crippen LogP contribution >= 0.6 is 0 Å². The second kappa shape index (κ2) is 5.34. The van der Waals surface area contributed by atoms with E-state index in [0.29, 0.717) is 5.56 Å². The van der Waals surface area contributed by atoms with Gasteiger partial charge in [0.1, 0.15) is 5.82 Å². The summed E-state index contributed by atoms with van der Waals surface area (Å²) in [5, 5.41) is 4.26. The van der Waals surface area contributed by atoms with Gasteiger partial charge in [-0.1, -0.05) is 13.0 Å². The quantitative estimate of drug-likeness (QED) is 0.792. The molecule has 0 saturated carbocycles. The van der Waals surface area contributed by atoms with Crippen LogP contribution in [0, 0.1) is 12.7 Å². The fraction of sp³-hybridized carbons (Fsp3) is 0.333. The number of carbonyl (C=O) groups excluding carboxylic acids is 1. The van der Waals surface area contributed by atoms with Crippen molar-refractivity contribution in [3.05, 3.63) is 52.6 Å². The summed E-state index contributed by atoms with van der Waals surface area (Å²) in [5.41, 5.74) is 3.13. The Morgan fingerprint density at radius 1 is 1.42 bits per heavy atom. The molecule has 3 nitrogen and oxygen atoms in total. The summed E-state index contributed by atoms with van der Waals surface area (Å²) in [5.74, 6) is -0.246.